The number of ether oxygens (including phenoxy) is 1. The van der Waals surface area contributed by atoms with Crippen molar-refractivity contribution in [2.45, 2.75) is 38.3 Å². The molecule has 1 fully saturated rings. The van der Waals surface area contributed by atoms with Crippen molar-refractivity contribution < 1.29 is 4.74 Å². The summed E-state index contributed by atoms with van der Waals surface area (Å²) >= 11 is 0. The molecule has 2 rings (SSSR count). The summed E-state index contributed by atoms with van der Waals surface area (Å²) in [6.07, 6.45) is 4.05. The quantitative estimate of drug-likeness (QED) is 0.839. The Kier molecular flexibility index (Phi) is 5.17. The van der Waals surface area contributed by atoms with Gasteiger partial charge in [-0.05, 0) is 31.7 Å². The molecule has 1 saturated heterocycles. The molecule has 0 aromatic heterocycles. The van der Waals surface area contributed by atoms with Crippen LogP contribution < -0.4 is 11.1 Å². The van der Waals surface area contributed by atoms with E-state index in [2.05, 4.69) is 36.5 Å². The minimum Gasteiger partial charge on any atom is -0.377 e. The average Bonchev–Trinajstić information content (AvgIpc) is 2.40. The molecule has 100 valence electrons. The molecule has 1 aromatic rings. The standard InChI is InChI=1S/C15H24N2O/c1-12-5-7-13(8-6-12)15(16)11-17-10-14-4-2-3-9-18-14/h5-8,14-15,17H,2-4,9-11,16H2,1H3. The molecule has 0 amide bonds. The number of nitrogens with one attached hydrogen (secondary N) is 1. The van der Waals surface area contributed by atoms with Crippen LogP contribution in [0.15, 0.2) is 24.3 Å². The lowest BCUT2D eigenvalue weighted by Gasteiger charge is -2.23. The van der Waals surface area contributed by atoms with E-state index in [4.69, 9.17) is 10.5 Å². The fraction of sp³-hybridized carbons (Fsp3) is 0.600. The van der Waals surface area contributed by atoms with E-state index in [1.807, 2.05) is 0 Å². The predicted molar refractivity (Wildman–Crippen MR) is 74.6 cm³/mol. The molecule has 1 aliphatic rings. The molecule has 3 nitrogen and oxygen atoms in total. The molecule has 2 unspecified atom stereocenters. The first-order valence-electron chi connectivity index (χ1n) is 6.90. The summed E-state index contributed by atoms with van der Waals surface area (Å²) in [6.45, 7) is 4.73. The molecule has 1 aliphatic heterocycles. The fourth-order valence-electron chi connectivity index (χ4n) is 2.30. The largest absolute Gasteiger partial charge is 0.377 e. The summed E-state index contributed by atoms with van der Waals surface area (Å²) in [6, 6.07) is 8.50. The molecule has 1 aromatic carbocycles. The van der Waals surface area contributed by atoms with Crippen molar-refractivity contribution in [1.82, 2.24) is 5.32 Å². The highest BCUT2D eigenvalue weighted by Gasteiger charge is 2.13. The van der Waals surface area contributed by atoms with Gasteiger partial charge >= 0.3 is 0 Å². The lowest BCUT2D eigenvalue weighted by molar-refractivity contribution is 0.0169. The van der Waals surface area contributed by atoms with Crippen LogP contribution in [0.25, 0.3) is 0 Å². The van der Waals surface area contributed by atoms with Gasteiger partial charge in [0, 0.05) is 25.7 Å². The van der Waals surface area contributed by atoms with Gasteiger partial charge in [0.05, 0.1) is 6.10 Å². The fourth-order valence-corrected chi connectivity index (χ4v) is 2.30. The van der Waals surface area contributed by atoms with Crippen LogP contribution in [0.3, 0.4) is 0 Å². The minimum absolute atomic E-state index is 0.0641. The van der Waals surface area contributed by atoms with Gasteiger partial charge in [-0.15, -0.1) is 0 Å². The van der Waals surface area contributed by atoms with E-state index in [-0.39, 0.29) is 6.04 Å². The van der Waals surface area contributed by atoms with E-state index in [1.54, 1.807) is 0 Å². The second-order valence-corrected chi connectivity index (χ2v) is 5.16. The van der Waals surface area contributed by atoms with Gasteiger partial charge in [-0.2, -0.15) is 0 Å². The van der Waals surface area contributed by atoms with Crippen LogP contribution in [0.1, 0.15) is 36.4 Å². The van der Waals surface area contributed by atoms with Gasteiger partial charge in [0.25, 0.3) is 0 Å². The van der Waals surface area contributed by atoms with Gasteiger partial charge in [0.2, 0.25) is 0 Å². The van der Waals surface area contributed by atoms with Crippen molar-refractivity contribution in [3.05, 3.63) is 35.4 Å². The normalized spacial score (nSPS) is 21.8. The Labute approximate surface area is 110 Å². The van der Waals surface area contributed by atoms with E-state index in [1.165, 1.54) is 30.4 Å². The van der Waals surface area contributed by atoms with Crippen LogP contribution in [0.4, 0.5) is 0 Å². The van der Waals surface area contributed by atoms with Crippen molar-refractivity contribution in [1.29, 1.82) is 0 Å². The third-order valence-corrected chi connectivity index (χ3v) is 3.52. The van der Waals surface area contributed by atoms with E-state index in [9.17, 15) is 0 Å². The number of nitrogens with two attached hydrogens (primary N) is 1. The summed E-state index contributed by atoms with van der Waals surface area (Å²) in [5.74, 6) is 0. The molecule has 1 heterocycles. The van der Waals surface area contributed by atoms with Crippen molar-refractivity contribution in [2.75, 3.05) is 19.7 Å². The lowest BCUT2D eigenvalue weighted by Crippen LogP contribution is -2.35. The van der Waals surface area contributed by atoms with Crippen LogP contribution in [-0.2, 0) is 4.74 Å². The second-order valence-electron chi connectivity index (χ2n) is 5.16. The molecule has 3 heteroatoms. The van der Waals surface area contributed by atoms with Crippen LogP contribution in [-0.4, -0.2) is 25.8 Å². The van der Waals surface area contributed by atoms with Crippen LogP contribution in [0, 0.1) is 6.92 Å². The van der Waals surface area contributed by atoms with Gasteiger partial charge in [-0.1, -0.05) is 29.8 Å². The number of rotatable bonds is 5. The van der Waals surface area contributed by atoms with Gasteiger partial charge in [-0.3, -0.25) is 0 Å². The molecular formula is C15H24N2O. The summed E-state index contributed by atoms with van der Waals surface area (Å²) in [5, 5.41) is 3.42. The maximum absolute atomic E-state index is 6.16. The first-order chi connectivity index (χ1) is 8.75. The third-order valence-electron chi connectivity index (χ3n) is 3.52. The van der Waals surface area contributed by atoms with E-state index < -0.39 is 0 Å². The summed E-state index contributed by atoms with van der Waals surface area (Å²) in [7, 11) is 0. The summed E-state index contributed by atoms with van der Waals surface area (Å²) in [5.41, 5.74) is 8.62. The molecule has 0 spiro atoms. The molecule has 0 saturated carbocycles. The van der Waals surface area contributed by atoms with Crippen molar-refractivity contribution in [3.8, 4) is 0 Å². The average molecular weight is 248 g/mol. The Morgan fingerprint density at radius 3 is 2.78 bits per heavy atom. The first kappa shape index (κ1) is 13.5. The van der Waals surface area contributed by atoms with Crippen LogP contribution >= 0.6 is 0 Å². The second kappa shape index (κ2) is 6.88. The molecule has 0 aliphatic carbocycles. The third kappa shape index (κ3) is 4.09. The monoisotopic (exact) mass is 248 g/mol. The Hall–Kier alpha value is -0.900. The van der Waals surface area contributed by atoms with Crippen molar-refractivity contribution in [2.24, 2.45) is 5.73 Å². The SMILES string of the molecule is Cc1ccc(C(N)CNCC2CCCCO2)cc1. The van der Waals surface area contributed by atoms with Gasteiger partial charge in [0.1, 0.15) is 0 Å². The highest BCUT2D eigenvalue weighted by Crippen LogP contribution is 2.13. The Morgan fingerprint density at radius 2 is 2.11 bits per heavy atom. The van der Waals surface area contributed by atoms with Crippen LogP contribution in [0.2, 0.25) is 0 Å². The van der Waals surface area contributed by atoms with E-state index in [0.717, 1.165) is 19.7 Å². The lowest BCUT2D eigenvalue weighted by atomic mass is 10.1. The molecule has 3 N–H and O–H groups in total. The van der Waals surface area contributed by atoms with E-state index in [0.29, 0.717) is 6.10 Å². The highest BCUT2D eigenvalue weighted by molar-refractivity contribution is 5.24. The molecular weight excluding hydrogens is 224 g/mol. The number of aryl methyl sites for hydroxylation is 1. The number of benzene rings is 1. The maximum Gasteiger partial charge on any atom is 0.0699 e. The molecule has 0 bridgehead atoms. The minimum atomic E-state index is 0.0641. The zero-order valence-corrected chi connectivity index (χ0v) is 11.2. The highest BCUT2D eigenvalue weighted by atomic mass is 16.5. The zero-order chi connectivity index (χ0) is 12.8. The van der Waals surface area contributed by atoms with Gasteiger partial charge < -0.3 is 15.8 Å². The summed E-state index contributed by atoms with van der Waals surface area (Å²) < 4.78 is 5.68. The zero-order valence-electron chi connectivity index (χ0n) is 11.2. The Morgan fingerprint density at radius 1 is 1.33 bits per heavy atom. The smallest absolute Gasteiger partial charge is 0.0699 e. The van der Waals surface area contributed by atoms with Crippen molar-refractivity contribution >= 4 is 0 Å². The number of hydrogen-bond acceptors (Lipinski definition) is 3. The van der Waals surface area contributed by atoms with Gasteiger partial charge in [0.15, 0.2) is 0 Å². The maximum atomic E-state index is 6.16. The number of hydrogen-bond donors (Lipinski definition) is 2. The van der Waals surface area contributed by atoms with Gasteiger partial charge in [-0.25, -0.2) is 0 Å². The van der Waals surface area contributed by atoms with E-state index >= 15 is 0 Å². The van der Waals surface area contributed by atoms with Crippen LogP contribution in [0.5, 0.6) is 0 Å². The molecule has 2 atom stereocenters. The Bertz CT molecular complexity index is 344. The molecule has 18 heavy (non-hydrogen) atoms. The Balaban J connectivity index is 1.70. The van der Waals surface area contributed by atoms with Crippen molar-refractivity contribution in [3.63, 3.8) is 0 Å². The predicted octanol–water partition coefficient (Wildman–Crippen LogP) is 2.15. The first-order valence-corrected chi connectivity index (χ1v) is 6.90. The topological polar surface area (TPSA) is 47.3 Å². The summed E-state index contributed by atoms with van der Waals surface area (Å²) in [4.78, 5) is 0. The molecule has 0 radical (unpaired) electrons.